The molecule has 0 fully saturated rings. The van der Waals surface area contributed by atoms with E-state index in [1.165, 1.54) is 31.2 Å². The molecule has 0 spiro atoms. The largest absolute Gasteiger partial charge is 0.227 e. The van der Waals surface area contributed by atoms with Crippen molar-refractivity contribution in [1.82, 2.24) is 9.97 Å². The molecular formula is C15H8ClF3N2. The molecule has 0 atom stereocenters. The molecular weight excluding hydrogens is 301 g/mol. The Hall–Kier alpha value is -2.14. The van der Waals surface area contributed by atoms with Crippen LogP contribution in [0.1, 0.15) is 5.56 Å². The molecule has 2 aromatic carbocycles. The number of halogens is 4. The molecule has 1 aromatic heterocycles. The van der Waals surface area contributed by atoms with Gasteiger partial charge in [0.1, 0.15) is 11.0 Å². The minimum Gasteiger partial charge on any atom is -0.227 e. The van der Waals surface area contributed by atoms with Gasteiger partial charge in [-0.2, -0.15) is 0 Å². The van der Waals surface area contributed by atoms with E-state index in [0.29, 0.717) is 5.39 Å². The van der Waals surface area contributed by atoms with Gasteiger partial charge in [-0.3, -0.25) is 0 Å². The van der Waals surface area contributed by atoms with E-state index >= 15 is 0 Å². The van der Waals surface area contributed by atoms with Gasteiger partial charge in [0.15, 0.2) is 17.5 Å². The van der Waals surface area contributed by atoms with Crippen molar-refractivity contribution >= 4 is 22.5 Å². The molecule has 3 rings (SSSR count). The number of hydrogen-bond donors (Lipinski definition) is 0. The smallest absolute Gasteiger partial charge is 0.169 e. The van der Waals surface area contributed by atoms with Crippen molar-refractivity contribution in [2.24, 2.45) is 0 Å². The van der Waals surface area contributed by atoms with Crippen molar-refractivity contribution in [1.29, 1.82) is 0 Å². The molecule has 0 aliphatic rings. The van der Waals surface area contributed by atoms with Crippen LogP contribution in [0.4, 0.5) is 13.2 Å². The van der Waals surface area contributed by atoms with Crippen LogP contribution in [0.15, 0.2) is 30.3 Å². The molecule has 0 unspecified atom stereocenters. The van der Waals surface area contributed by atoms with E-state index in [1.54, 1.807) is 0 Å². The van der Waals surface area contributed by atoms with Crippen molar-refractivity contribution in [2.75, 3.05) is 0 Å². The van der Waals surface area contributed by atoms with Gasteiger partial charge < -0.3 is 0 Å². The minimum atomic E-state index is -1.07. The van der Waals surface area contributed by atoms with E-state index in [9.17, 15) is 13.2 Å². The first kappa shape index (κ1) is 13.8. The molecule has 0 bridgehead atoms. The third-order valence-corrected chi connectivity index (χ3v) is 3.49. The summed E-state index contributed by atoms with van der Waals surface area (Å²) in [5.41, 5.74) is 0.422. The third kappa shape index (κ3) is 2.23. The second-order valence-electron chi connectivity index (χ2n) is 4.51. The maximum absolute atomic E-state index is 13.8. The molecule has 0 radical (unpaired) electrons. The second-order valence-corrected chi connectivity index (χ2v) is 4.87. The number of aromatic nitrogens is 2. The molecule has 0 saturated carbocycles. The summed E-state index contributed by atoms with van der Waals surface area (Å²) in [6.07, 6.45) is 0. The number of hydrogen-bond acceptors (Lipinski definition) is 2. The molecule has 0 saturated heterocycles. The van der Waals surface area contributed by atoms with Crippen LogP contribution < -0.4 is 0 Å². The SMILES string of the molecule is Cc1c(F)ccc2c(Cl)nc(-c3cccc(F)c3F)nc12. The normalized spacial score (nSPS) is 11.1. The summed E-state index contributed by atoms with van der Waals surface area (Å²) < 4.78 is 40.7. The van der Waals surface area contributed by atoms with Crippen LogP contribution in [0.25, 0.3) is 22.3 Å². The highest BCUT2D eigenvalue weighted by Gasteiger charge is 2.16. The summed E-state index contributed by atoms with van der Waals surface area (Å²) in [6, 6.07) is 6.38. The first-order chi connectivity index (χ1) is 9.99. The Morgan fingerprint density at radius 1 is 0.952 bits per heavy atom. The number of fused-ring (bicyclic) bond motifs is 1. The quantitative estimate of drug-likeness (QED) is 0.610. The lowest BCUT2D eigenvalue weighted by Gasteiger charge is -2.08. The molecule has 0 amide bonds. The maximum Gasteiger partial charge on any atom is 0.169 e. The van der Waals surface area contributed by atoms with Crippen LogP contribution in [0.2, 0.25) is 5.15 Å². The summed E-state index contributed by atoms with van der Waals surface area (Å²) in [5.74, 6) is -2.62. The fourth-order valence-corrected chi connectivity index (χ4v) is 2.30. The molecule has 0 aliphatic heterocycles. The van der Waals surface area contributed by atoms with Gasteiger partial charge in [-0.25, -0.2) is 23.1 Å². The lowest BCUT2D eigenvalue weighted by molar-refractivity contribution is 0.510. The van der Waals surface area contributed by atoms with Crippen LogP contribution in [0.3, 0.4) is 0 Å². The van der Waals surface area contributed by atoms with Crippen LogP contribution in [0, 0.1) is 24.4 Å². The van der Waals surface area contributed by atoms with Gasteiger partial charge in [-0.15, -0.1) is 0 Å². The second kappa shape index (κ2) is 5.00. The minimum absolute atomic E-state index is 0.0572. The molecule has 106 valence electrons. The fourth-order valence-electron chi connectivity index (χ4n) is 2.07. The Kier molecular flexibility index (Phi) is 3.29. The van der Waals surface area contributed by atoms with E-state index in [1.807, 2.05) is 0 Å². The Morgan fingerprint density at radius 2 is 1.71 bits per heavy atom. The monoisotopic (exact) mass is 308 g/mol. The van der Waals surface area contributed by atoms with Crippen LogP contribution in [-0.4, -0.2) is 9.97 Å². The molecule has 3 aromatic rings. The molecule has 2 nitrogen and oxygen atoms in total. The Morgan fingerprint density at radius 3 is 2.48 bits per heavy atom. The summed E-state index contributed by atoms with van der Waals surface area (Å²) in [5, 5.41) is 0.512. The number of aryl methyl sites for hydroxylation is 1. The lowest BCUT2D eigenvalue weighted by Crippen LogP contribution is -1.98. The zero-order valence-corrected chi connectivity index (χ0v) is 11.5. The summed E-state index contributed by atoms with van der Waals surface area (Å²) >= 11 is 6.04. The fraction of sp³-hybridized carbons (Fsp3) is 0.0667. The lowest BCUT2D eigenvalue weighted by atomic mass is 10.1. The third-order valence-electron chi connectivity index (χ3n) is 3.20. The molecule has 21 heavy (non-hydrogen) atoms. The molecule has 0 aliphatic carbocycles. The summed E-state index contributed by atoms with van der Waals surface area (Å²) in [6.45, 7) is 1.53. The molecule has 0 N–H and O–H groups in total. The number of rotatable bonds is 1. The van der Waals surface area contributed by atoms with Crippen molar-refractivity contribution in [2.45, 2.75) is 6.92 Å². The summed E-state index contributed by atoms with van der Waals surface area (Å²) in [7, 11) is 0. The number of benzene rings is 2. The van der Waals surface area contributed by atoms with E-state index in [-0.39, 0.29) is 27.6 Å². The van der Waals surface area contributed by atoms with E-state index in [2.05, 4.69) is 9.97 Å². The maximum atomic E-state index is 13.8. The average Bonchev–Trinajstić information content (AvgIpc) is 2.46. The highest BCUT2D eigenvalue weighted by atomic mass is 35.5. The predicted octanol–water partition coefficient (Wildman–Crippen LogP) is 4.68. The highest BCUT2D eigenvalue weighted by Crippen LogP contribution is 2.29. The highest BCUT2D eigenvalue weighted by molar-refractivity contribution is 6.34. The van der Waals surface area contributed by atoms with Crippen LogP contribution >= 0.6 is 11.6 Å². The van der Waals surface area contributed by atoms with Crippen LogP contribution in [0.5, 0.6) is 0 Å². The zero-order valence-electron chi connectivity index (χ0n) is 10.8. The summed E-state index contributed by atoms with van der Waals surface area (Å²) in [4.78, 5) is 8.10. The van der Waals surface area contributed by atoms with Crippen molar-refractivity contribution < 1.29 is 13.2 Å². The molecule has 6 heteroatoms. The average molecular weight is 309 g/mol. The van der Waals surface area contributed by atoms with E-state index in [4.69, 9.17) is 11.6 Å². The zero-order chi connectivity index (χ0) is 15.1. The standard InChI is InChI=1S/C15H8ClF3N2/c1-7-10(17)6-5-9-13(7)20-15(21-14(9)16)8-3-2-4-11(18)12(8)19/h2-6H,1H3. The predicted molar refractivity (Wildman–Crippen MR) is 74.6 cm³/mol. The van der Waals surface area contributed by atoms with Gasteiger partial charge in [-0.1, -0.05) is 17.7 Å². The van der Waals surface area contributed by atoms with Gasteiger partial charge in [0.2, 0.25) is 0 Å². The first-order valence-corrected chi connectivity index (χ1v) is 6.43. The Labute approximate surface area is 123 Å². The van der Waals surface area contributed by atoms with Crippen LogP contribution in [-0.2, 0) is 0 Å². The van der Waals surface area contributed by atoms with Gasteiger partial charge in [-0.05, 0) is 31.2 Å². The topological polar surface area (TPSA) is 25.8 Å². The van der Waals surface area contributed by atoms with Crippen molar-refractivity contribution in [3.05, 3.63) is 58.5 Å². The van der Waals surface area contributed by atoms with Crippen molar-refractivity contribution in [3.63, 3.8) is 0 Å². The van der Waals surface area contributed by atoms with E-state index < -0.39 is 17.5 Å². The molecule has 1 heterocycles. The van der Waals surface area contributed by atoms with Gasteiger partial charge in [0, 0.05) is 10.9 Å². The number of nitrogens with zero attached hydrogens (tertiary/aromatic N) is 2. The van der Waals surface area contributed by atoms with Gasteiger partial charge >= 0.3 is 0 Å². The van der Waals surface area contributed by atoms with E-state index in [0.717, 1.165) is 6.07 Å². The first-order valence-electron chi connectivity index (χ1n) is 6.06. The Bertz CT molecular complexity index is 865. The van der Waals surface area contributed by atoms with Gasteiger partial charge in [0.05, 0.1) is 11.1 Å². The van der Waals surface area contributed by atoms with Gasteiger partial charge in [0.25, 0.3) is 0 Å². The Balaban J connectivity index is 2.35. The van der Waals surface area contributed by atoms with Crippen molar-refractivity contribution in [3.8, 4) is 11.4 Å².